The number of aromatic nitrogens is 2. The molecule has 3 aromatic rings. The molecule has 0 bridgehead atoms. The van der Waals surface area contributed by atoms with Crippen molar-refractivity contribution in [2.24, 2.45) is 0 Å². The minimum atomic E-state index is -0.312. The molecule has 0 radical (unpaired) electrons. The van der Waals surface area contributed by atoms with Gasteiger partial charge in [0.2, 0.25) is 5.91 Å². The van der Waals surface area contributed by atoms with Gasteiger partial charge in [0, 0.05) is 13.5 Å². The van der Waals surface area contributed by atoms with Gasteiger partial charge in [-0.25, -0.2) is 4.98 Å². The van der Waals surface area contributed by atoms with Crippen LogP contribution in [0.15, 0.2) is 53.3 Å². The lowest BCUT2D eigenvalue weighted by molar-refractivity contribution is -0.132. The minimum absolute atomic E-state index is 0.0750. The lowest BCUT2D eigenvalue weighted by Gasteiger charge is -2.29. The first-order valence-electron chi connectivity index (χ1n) is 11.5. The zero-order valence-corrected chi connectivity index (χ0v) is 19.5. The van der Waals surface area contributed by atoms with Crippen molar-refractivity contribution in [1.82, 2.24) is 14.5 Å². The maximum Gasteiger partial charge on any atom is 0.266 e. The molecule has 0 aliphatic rings. The number of para-hydroxylation sites is 1. The first-order chi connectivity index (χ1) is 15.5. The Kier molecular flexibility index (Phi) is 8.03. The molecule has 170 valence electrons. The Morgan fingerprint density at radius 3 is 2.44 bits per heavy atom. The Hall–Kier alpha value is -3.15. The van der Waals surface area contributed by atoms with E-state index >= 15 is 0 Å². The molecular weight excluding hydrogens is 402 g/mol. The van der Waals surface area contributed by atoms with E-state index in [9.17, 15) is 9.59 Å². The molecule has 6 nitrogen and oxygen atoms in total. The maximum atomic E-state index is 13.6. The number of carbonyl (C=O) groups excluding carboxylic acids is 1. The molecular formula is C26H33N3O3. The van der Waals surface area contributed by atoms with E-state index in [1.54, 1.807) is 15.5 Å². The van der Waals surface area contributed by atoms with Gasteiger partial charge in [-0.1, -0.05) is 38.8 Å². The predicted molar refractivity (Wildman–Crippen MR) is 128 cm³/mol. The van der Waals surface area contributed by atoms with Crippen LogP contribution in [0.1, 0.15) is 64.7 Å². The molecule has 0 aliphatic carbocycles. The maximum absolute atomic E-state index is 13.6. The Morgan fingerprint density at radius 2 is 1.78 bits per heavy atom. The average molecular weight is 436 g/mol. The Balaban J connectivity index is 2.12. The third-order valence-electron chi connectivity index (χ3n) is 5.75. The fraction of sp³-hybridized carbons (Fsp3) is 0.423. The third-order valence-corrected chi connectivity index (χ3v) is 5.75. The summed E-state index contributed by atoms with van der Waals surface area (Å²) in [5.74, 6) is 1.40. The molecule has 1 atom stereocenters. The van der Waals surface area contributed by atoms with Gasteiger partial charge in [0.25, 0.3) is 5.56 Å². The highest BCUT2D eigenvalue weighted by molar-refractivity contribution is 5.79. The van der Waals surface area contributed by atoms with Crippen molar-refractivity contribution in [2.45, 2.75) is 58.9 Å². The largest absolute Gasteiger partial charge is 0.494 e. The van der Waals surface area contributed by atoms with E-state index in [0.717, 1.165) is 25.0 Å². The van der Waals surface area contributed by atoms with Gasteiger partial charge < -0.3 is 9.64 Å². The summed E-state index contributed by atoms with van der Waals surface area (Å²) in [5, 5.41) is 0.553. The zero-order chi connectivity index (χ0) is 23.1. The highest BCUT2D eigenvalue weighted by atomic mass is 16.5. The number of fused-ring (bicyclic) bond motifs is 1. The van der Waals surface area contributed by atoms with Crippen LogP contribution in [0.5, 0.6) is 5.75 Å². The number of hydrogen-bond donors (Lipinski definition) is 0. The number of nitrogens with zero attached hydrogens (tertiary/aromatic N) is 3. The van der Waals surface area contributed by atoms with E-state index in [0.29, 0.717) is 41.9 Å². The molecule has 6 heteroatoms. The quantitative estimate of drug-likeness (QED) is 0.407. The normalized spacial score (nSPS) is 12.0. The van der Waals surface area contributed by atoms with Gasteiger partial charge in [-0.2, -0.15) is 0 Å². The topological polar surface area (TPSA) is 64.4 Å². The summed E-state index contributed by atoms with van der Waals surface area (Å²) in [6, 6.07) is 14.5. The first kappa shape index (κ1) is 23.5. The van der Waals surface area contributed by atoms with Gasteiger partial charge in [-0.05, 0) is 56.2 Å². The van der Waals surface area contributed by atoms with Crippen LogP contribution in [0.3, 0.4) is 0 Å². The molecule has 0 aliphatic heterocycles. The summed E-state index contributed by atoms with van der Waals surface area (Å²) in [5.41, 5.74) is 1.21. The van der Waals surface area contributed by atoms with Crippen molar-refractivity contribution in [2.75, 3.05) is 13.7 Å². The number of carbonyl (C=O) groups is 1. The van der Waals surface area contributed by atoms with Crippen LogP contribution in [0.2, 0.25) is 0 Å². The average Bonchev–Trinajstić information content (AvgIpc) is 2.81. The summed E-state index contributed by atoms with van der Waals surface area (Å²) in [6.45, 7) is 6.65. The van der Waals surface area contributed by atoms with E-state index in [-0.39, 0.29) is 17.5 Å². The Labute approximate surface area is 189 Å². The third kappa shape index (κ3) is 5.01. The standard InChI is InChI=1S/C26H33N3O3/c1-5-8-9-14-24(30)28(4)23(6-2)25-27-22-13-11-10-12-21(22)26(31)29(25)19-15-17-20(18-16-19)32-7-3/h10-13,15-18,23H,5-9,14H2,1-4H3. The molecule has 0 saturated heterocycles. The lowest BCUT2D eigenvalue weighted by Crippen LogP contribution is -2.35. The van der Waals surface area contributed by atoms with Gasteiger partial charge >= 0.3 is 0 Å². The van der Waals surface area contributed by atoms with E-state index in [4.69, 9.17) is 9.72 Å². The summed E-state index contributed by atoms with van der Waals surface area (Å²) in [7, 11) is 1.81. The molecule has 32 heavy (non-hydrogen) atoms. The highest BCUT2D eigenvalue weighted by Crippen LogP contribution is 2.26. The fourth-order valence-corrected chi connectivity index (χ4v) is 3.99. The summed E-state index contributed by atoms with van der Waals surface area (Å²) in [4.78, 5) is 33.1. The van der Waals surface area contributed by atoms with Crippen LogP contribution in [-0.2, 0) is 4.79 Å². The highest BCUT2D eigenvalue weighted by Gasteiger charge is 2.26. The molecule has 3 rings (SSSR count). The van der Waals surface area contributed by atoms with Crippen molar-refractivity contribution in [1.29, 1.82) is 0 Å². The molecule has 0 N–H and O–H groups in total. The van der Waals surface area contributed by atoms with Crippen molar-refractivity contribution in [3.05, 3.63) is 64.7 Å². The van der Waals surface area contributed by atoms with Crippen LogP contribution < -0.4 is 10.3 Å². The summed E-state index contributed by atoms with van der Waals surface area (Å²) >= 11 is 0. The molecule has 2 aromatic carbocycles. The van der Waals surface area contributed by atoms with E-state index in [2.05, 4.69) is 6.92 Å². The van der Waals surface area contributed by atoms with Gasteiger partial charge in [0.05, 0.1) is 29.2 Å². The van der Waals surface area contributed by atoms with E-state index in [1.807, 2.05) is 63.4 Å². The molecule has 0 saturated carbocycles. The lowest BCUT2D eigenvalue weighted by atomic mass is 10.1. The molecule has 1 amide bonds. The van der Waals surface area contributed by atoms with E-state index in [1.165, 1.54) is 0 Å². The zero-order valence-electron chi connectivity index (χ0n) is 19.5. The van der Waals surface area contributed by atoms with Crippen LogP contribution in [0.25, 0.3) is 16.6 Å². The second kappa shape index (κ2) is 10.9. The van der Waals surface area contributed by atoms with Gasteiger partial charge in [0.1, 0.15) is 11.6 Å². The van der Waals surface area contributed by atoms with Crippen LogP contribution in [0, 0.1) is 0 Å². The van der Waals surface area contributed by atoms with Crippen molar-refractivity contribution in [3.8, 4) is 11.4 Å². The second-order valence-electron chi connectivity index (χ2n) is 7.94. The van der Waals surface area contributed by atoms with Crippen LogP contribution >= 0.6 is 0 Å². The number of unbranched alkanes of at least 4 members (excludes halogenated alkanes) is 2. The molecule has 1 heterocycles. The number of ether oxygens (including phenoxy) is 1. The number of rotatable bonds is 10. The smallest absolute Gasteiger partial charge is 0.266 e. The van der Waals surface area contributed by atoms with Gasteiger partial charge in [-0.15, -0.1) is 0 Å². The van der Waals surface area contributed by atoms with Crippen LogP contribution in [-0.4, -0.2) is 34.0 Å². The second-order valence-corrected chi connectivity index (χ2v) is 7.94. The van der Waals surface area contributed by atoms with Crippen molar-refractivity contribution < 1.29 is 9.53 Å². The fourth-order valence-electron chi connectivity index (χ4n) is 3.99. The van der Waals surface area contributed by atoms with Crippen molar-refractivity contribution >= 4 is 16.8 Å². The van der Waals surface area contributed by atoms with Gasteiger partial charge in [-0.3, -0.25) is 14.2 Å². The Bertz CT molecular complexity index is 1110. The Morgan fingerprint density at radius 1 is 1.06 bits per heavy atom. The monoisotopic (exact) mass is 435 g/mol. The molecule has 1 unspecified atom stereocenters. The van der Waals surface area contributed by atoms with Gasteiger partial charge in [0.15, 0.2) is 0 Å². The number of hydrogen-bond acceptors (Lipinski definition) is 4. The summed E-state index contributed by atoms with van der Waals surface area (Å²) in [6.07, 6.45) is 4.12. The molecule has 0 fully saturated rings. The number of benzene rings is 2. The predicted octanol–water partition coefficient (Wildman–Crippen LogP) is 5.27. The van der Waals surface area contributed by atoms with E-state index < -0.39 is 0 Å². The SMILES string of the molecule is CCCCCC(=O)N(C)C(CC)c1nc2ccccc2c(=O)n1-c1ccc(OCC)cc1. The summed E-state index contributed by atoms with van der Waals surface area (Å²) < 4.78 is 7.20. The first-order valence-corrected chi connectivity index (χ1v) is 11.5. The van der Waals surface area contributed by atoms with Crippen LogP contribution in [0.4, 0.5) is 0 Å². The van der Waals surface area contributed by atoms with Crippen molar-refractivity contribution in [3.63, 3.8) is 0 Å². The number of amides is 1. The molecule has 0 spiro atoms. The minimum Gasteiger partial charge on any atom is -0.494 e. The molecule has 1 aromatic heterocycles.